The van der Waals surface area contributed by atoms with E-state index in [1.807, 2.05) is 0 Å². The topological polar surface area (TPSA) is 0 Å². The summed E-state index contributed by atoms with van der Waals surface area (Å²) in [7, 11) is -1.58. The van der Waals surface area contributed by atoms with Crippen LogP contribution in [0.15, 0.2) is 12.3 Å². The van der Waals surface area contributed by atoms with Crippen molar-refractivity contribution in [3.63, 3.8) is 0 Å². The summed E-state index contributed by atoms with van der Waals surface area (Å²) >= 11 is 4.11. The van der Waals surface area contributed by atoms with E-state index in [4.69, 9.17) is 6.58 Å². The molecule has 0 amide bonds. The number of fused-ring (bicyclic) bond motifs is 3. The highest BCUT2D eigenvalue weighted by atomic mass is 79.9. The lowest BCUT2D eigenvalue weighted by atomic mass is 9.46. The molecule has 5 aliphatic rings. The van der Waals surface area contributed by atoms with Gasteiger partial charge in [-0.2, -0.15) is 0 Å². The molecule has 5 rings (SSSR count). The van der Waals surface area contributed by atoms with E-state index in [1.54, 1.807) is 51.4 Å². The van der Waals surface area contributed by atoms with Gasteiger partial charge in [0.05, 0.1) is 8.07 Å². The van der Waals surface area contributed by atoms with Crippen LogP contribution >= 0.6 is 15.9 Å². The zero-order chi connectivity index (χ0) is 26.9. The summed E-state index contributed by atoms with van der Waals surface area (Å²) < 4.78 is 0. The molecule has 5 aliphatic carbocycles. The van der Waals surface area contributed by atoms with E-state index < -0.39 is 8.07 Å². The van der Waals surface area contributed by atoms with Crippen molar-refractivity contribution in [1.29, 1.82) is 0 Å². The maximum Gasteiger partial charge on any atom is 0.0863 e. The van der Waals surface area contributed by atoms with Crippen LogP contribution in [0.2, 0.25) is 16.6 Å². The van der Waals surface area contributed by atoms with E-state index in [9.17, 15) is 0 Å². The lowest BCUT2D eigenvalue weighted by molar-refractivity contribution is -0.0934. The summed E-state index contributed by atoms with van der Waals surface area (Å²) in [6.07, 6.45) is 29.0. The van der Waals surface area contributed by atoms with E-state index in [-0.39, 0.29) is 0 Å². The van der Waals surface area contributed by atoms with Gasteiger partial charge in [0.25, 0.3) is 0 Å². The Morgan fingerprint density at radius 1 is 0.711 bits per heavy atom. The summed E-state index contributed by atoms with van der Waals surface area (Å²) in [6, 6.07) is 0. The molecule has 0 aromatic heterocycles. The Hall–Kier alpha value is 0.437. The summed E-state index contributed by atoms with van der Waals surface area (Å²) in [4.78, 5) is 0.783. The molecule has 0 nitrogen and oxygen atoms in total. The highest BCUT2D eigenvalue weighted by molar-refractivity contribution is 9.09. The van der Waals surface area contributed by atoms with Gasteiger partial charge in [0.1, 0.15) is 0 Å². The minimum Gasteiger partial charge on any atom is -0.107 e. The molecule has 0 spiro atoms. The van der Waals surface area contributed by atoms with Crippen molar-refractivity contribution in [3.05, 3.63) is 12.3 Å². The number of hydrogen-bond acceptors (Lipinski definition) is 0. The molecule has 38 heavy (non-hydrogen) atoms. The third kappa shape index (κ3) is 5.85. The fourth-order valence-corrected chi connectivity index (χ4v) is 20.3. The molecule has 0 bridgehead atoms. The summed E-state index contributed by atoms with van der Waals surface area (Å²) in [5.41, 5.74) is 6.52. The second-order valence-electron chi connectivity index (χ2n) is 16.3. The van der Waals surface area contributed by atoms with Gasteiger partial charge in [-0.1, -0.05) is 114 Å². The monoisotopic (exact) mass is 602 g/mol. The van der Waals surface area contributed by atoms with E-state index in [0.717, 1.165) is 57.0 Å². The molecular weight excluding hydrogens is 540 g/mol. The zero-order valence-electron chi connectivity index (χ0n) is 25.9. The molecule has 5 saturated carbocycles. The highest BCUT2D eigenvalue weighted by Gasteiger charge is 2.59. The minimum absolute atomic E-state index is 0.595. The molecule has 6 unspecified atom stereocenters. The van der Waals surface area contributed by atoms with Crippen LogP contribution in [-0.4, -0.2) is 12.9 Å². The molecule has 0 saturated heterocycles. The van der Waals surface area contributed by atoms with Gasteiger partial charge in [-0.05, 0) is 109 Å². The molecule has 5 fully saturated rings. The standard InChI is InChI=1S/C36H63BrSi/c1-6-38(30-13-9-7-10-14-30,31-15-11-8-12-16-31)32-18-20-34-33-19-17-29(37)21-28(33)25-36(23-26(2)3,24-27(4)5)35(34)22-32/h6,26-35H,1,7-25H2,2-5H3. The first kappa shape index (κ1) is 29.9. The fourth-order valence-electron chi connectivity index (χ4n) is 12.5. The Morgan fingerprint density at radius 2 is 1.26 bits per heavy atom. The van der Waals surface area contributed by atoms with Crippen molar-refractivity contribution in [2.24, 2.45) is 40.9 Å². The van der Waals surface area contributed by atoms with Gasteiger partial charge in [-0.25, -0.2) is 0 Å². The van der Waals surface area contributed by atoms with Gasteiger partial charge >= 0.3 is 0 Å². The maximum absolute atomic E-state index is 4.83. The van der Waals surface area contributed by atoms with Crippen LogP contribution < -0.4 is 0 Å². The second-order valence-corrected chi connectivity index (χ2v) is 22.4. The maximum atomic E-state index is 4.83. The highest BCUT2D eigenvalue weighted by Crippen LogP contribution is 2.67. The van der Waals surface area contributed by atoms with E-state index in [1.165, 1.54) is 70.6 Å². The fraction of sp³-hybridized carbons (Fsp3) is 0.944. The Labute approximate surface area is 247 Å². The Kier molecular flexibility index (Phi) is 10.0. The molecule has 0 aliphatic heterocycles. The Morgan fingerprint density at radius 3 is 1.79 bits per heavy atom. The Balaban J connectivity index is 1.52. The van der Waals surface area contributed by atoms with Gasteiger partial charge in [-0.15, -0.1) is 12.3 Å². The van der Waals surface area contributed by atoms with Gasteiger partial charge in [0, 0.05) is 4.83 Å². The molecular formula is C36H63BrSi. The molecule has 0 heterocycles. The van der Waals surface area contributed by atoms with Crippen molar-refractivity contribution < 1.29 is 0 Å². The molecule has 0 radical (unpaired) electrons. The molecule has 0 N–H and O–H groups in total. The van der Waals surface area contributed by atoms with E-state index >= 15 is 0 Å². The second kappa shape index (κ2) is 12.7. The van der Waals surface area contributed by atoms with Gasteiger partial charge in [-0.3, -0.25) is 0 Å². The first-order chi connectivity index (χ1) is 18.3. The van der Waals surface area contributed by atoms with Crippen LogP contribution in [0, 0.1) is 40.9 Å². The van der Waals surface area contributed by atoms with Gasteiger partial charge < -0.3 is 0 Å². The summed E-state index contributed by atoms with van der Waals surface area (Å²) in [6.45, 7) is 15.0. The smallest absolute Gasteiger partial charge is 0.0863 e. The number of hydrogen-bond donors (Lipinski definition) is 0. The Bertz CT molecular complexity index is 731. The molecule has 2 heteroatoms. The summed E-state index contributed by atoms with van der Waals surface area (Å²) in [5, 5.41) is 0. The van der Waals surface area contributed by atoms with Gasteiger partial charge in [0.15, 0.2) is 0 Å². The van der Waals surface area contributed by atoms with Crippen LogP contribution in [0.4, 0.5) is 0 Å². The predicted octanol–water partition coefficient (Wildman–Crippen LogP) is 12.3. The van der Waals surface area contributed by atoms with E-state index in [2.05, 4.69) is 49.3 Å². The van der Waals surface area contributed by atoms with Crippen molar-refractivity contribution in [2.45, 2.75) is 171 Å². The predicted molar refractivity (Wildman–Crippen MR) is 174 cm³/mol. The lowest BCUT2D eigenvalue weighted by Crippen LogP contribution is -2.56. The minimum atomic E-state index is -1.58. The third-order valence-electron chi connectivity index (χ3n) is 13.2. The quantitative estimate of drug-likeness (QED) is 0.191. The van der Waals surface area contributed by atoms with E-state index in [0.29, 0.717) is 5.41 Å². The average molecular weight is 604 g/mol. The lowest BCUT2D eigenvalue weighted by Gasteiger charge is -2.62. The number of rotatable bonds is 8. The number of alkyl halides is 1. The van der Waals surface area contributed by atoms with Crippen molar-refractivity contribution >= 4 is 24.0 Å². The molecule has 0 aromatic rings. The van der Waals surface area contributed by atoms with Crippen molar-refractivity contribution in [3.8, 4) is 0 Å². The molecule has 0 aromatic carbocycles. The van der Waals surface area contributed by atoms with Crippen molar-refractivity contribution in [2.75, 3.05) is 0 Å². The zero-order valence-corrected chi connectivity index (χ0v) is 28.5. The van der Waals surface area contributed by atoms with Crippen LogP contribution in [0.25, 0.3) is 0 Å². The van der Waals surface area contributed by atoms with Crippen LogP contribution in [0.3, 0.4) is 0 Å². The van der Waals surface area contributed by atoms with Crippen LogP contribution in [-0.2, 0) is 0 Å². The largest absolute Gasteiger partial charge is 0.107 e. The van der Waals surface area contributed by atoms with Crippen molar-refractivity contribution in [1.82, 2.24) is 0 Å². The first-order valence-corrected chi connectivity index (χ1v) is 20.8. The average Bonchev–Trinajstić information content (AvgIpc) is 2.90. The van der Waals surface area contributed by atoms with Crippen LogP contribution in [0.5, 0.6) is 0 Å². The number of halogens is 1. The summed E-state index contributed by atoms with van der Waals surface area (Å²) in [5.74, 6) is 5.70. The molecule has 6 atom stereocenters. The normalized spacial score (nSPS) is 37.1. The van der Waals surface area contributed by atoms with Crippen LogP contribution in [0.1, 0.15) is 150 Å². The van der Waals surface area contributed by atoms with Gasteiger partial charge in [0.2, 0.25) is 0 Å². The SMILES string of the molecule is C=C[Si](C1CCCCC1)(C1CCCCC1)C1CCC2C3CCC(Br)CC3CC(CC(C)C)(CC(C)C)C2C1. The third-order valence-corrected chi connectivity index (χ3v) is 20.7. The first-order valence-electron chi connectivity index (χ1n) is 17.6. The molecule has 218 valence electrons.